The summed E-state index contributed by atoms with van der Waals surface area (Å²) in [5, 5.41) is 3.15. The molecular weight excluding hydrogens is 307 g/mol. The number of nitrogens with zero attached hydrogens (tertiary/aromatic N) is 1. The minimum absolute atomic E-state index is 0.156. The van der Waals surface area contributed by atoms with Crippen molar-refractivity contribution >= 4 is 28.6 Å². The van der Waals surface area contributed by atoms with E-state index >= 15 is 0 Å². The summed E-state index contributed by atoms with van der Waals surface area (Å²) in [7, 11) is 1.40. The summed E-state index contributed by atoms with van der Waals surface area (Å²) in [4.78, 5) is 15.2. The SMILES string of the molecule is COC(=O)C(I)CNCc1ccccn1. The molecular formula is C10H13IN2O2. The first-order valence-corrected chi connectivity index (χ1v) is 5.81. The Morgan fingerprint density at radius 3 is 3.07 bits per heavy atom. The molecule has 0 bridgehead atoms. The van der Waals surface area contributed by atoms with Gasteiger partial charge in [0.05, 0.1) is 12.8 Å². The molecule has 0 radical (unpaired) electrons. The number of pyridine rings is 1. The van der Waals surface area contributed by atoms with Crippen molar-refractivity contribution in [3.63, 3.8) is 0 Å². The molecule has 1 heterocycles. The number of nitrogens with one attached hydrogen (secondary N) is 1. The normalized spacial score (nSPS) is 12.1. The second kappa shape index (κ2) is 6.73. The van der Waals surface area contributed by atoms with Gasteiger partial charge in [-0.1, -0.05) is 28.7 Å². The summed E-state index contributed by atoms with van der Waals surface area (Å²) in [6.45, 7) is 1.25. The summed E-state index contributed by atoms with van der Waals surface area (Å²) in [5.74, 6) is -0.205. The third-order valence-corrected chi connectivity index (χ3v) is 2.76. The van der Waals surface area contributed by atoms with E-state index in [2.05, 4.69) is 37.6 Å². The van der Waals surface area contributed by atoms with Crippen molar-refractivity contribution in [2.75, 3.05) is 13.7 Å². The highest BCUT2D eigenvalue weighted by molar-refractivity contribution is 14.1. The molecule has 1 atom stereocenters. The van der Waals surface area contributed by atoms with Gasteiger partial charge >= 0.3 is 5.97 Å². The van der Waals surface area contributed by atoms with E-state index in [1.807, 2.05) is 18.2 Å². The number of hydrogen-bond acceptors (Lipinski definition) is 4. The zero-order valence-electron chi connectivity index (χ0n) is 8.44. The van der Waals surface area contributed by atoms with E-state index in [0.717, 1.165) is 5.69 Å². The average Bonchev–Trinajstić information content (AvgIpc) is 2.29. The lowest BCUT2D eigenvalue weighted by Crippen LogP contribution is -2.29. The van der Waals surface area contributed by atoms with Gasteiger partial charge in [-0.3, -0.25) is 9.78 Å². The van der Waals surface area contributed by atoms with E-state index < -0.39 is 0 Å². The fourth-order valence-electron chi connectivity index (χ4n) is 1.04. The number of carbonyl (C=O) groups is 1. The molecule has 1 aromatic heterocycles. The highest BCUT2D eigenvalue weighted by Crippen LogP contribution is 2.01. The number of ether oxygens (including phenoxy) is 1. The van der Waals surface area contributed by atoms with Crippen LogP contribution in [0.25, 0.3) is 0 Å². The minimum Gasteiger partial charge on any atom is -0.468 e. The Bertz CT molecular complexity index is 306. The first-order valence-electron chi connectivity index (χ1n) is 4.56. The van der Waals surface area contributed by atoms with Crippen LogP contribution in [-0.2, 0) is 16.1 Å². The molecule has 4 nitrogen and oxygen atoms in total. The van der Waals surface area contributed by atoms with Crippen LogP contribution in [-0.4, -0.2) is 28.5 Å². The molecule has 0 fully saturated rings. The van der Waals surface area contributed by atoms with Crippen molar-refractivity contribution in [3.05, 3.63) is 30.1 Å². The summed E-state index contributed by atoms with van der Waals surface area (Å²) in [6, 6.07) is 5.75. The molecule has 1 rings (SSSR count). The molecule has 5 heteroatoms. The number of hydrogen-bond donors (Lipinski definition) is 1. The Kier molecular flexibility index (Phi) is 5.56. The van der Waals surface area contributed by atoms with Crippen LogP contribution < -0.4 is 5.32 Å². The highest BCUT2D eigenvalue weighted by Gasteiger charge is 2.13. The van der Waals surface area contributed by atoms with Crippen molar-refractivity contribution in [2.24, 2.45) is 0 Å². The van der Waals surface area contributed by atoms with Gasteiger partial charge in [0.25, 0.3) is 0 Å². The molecule has 0 amide bonds. The van der Waals surface area contributed by atoms with E-state index in [1.54, 1.807) is 6.20 Å². The predicted molar refractivity (Wildman–Crippen MR) is 65.8 cm³/mol. The number of carbonyl (C=O) groups excluding carboxylic acids is 1. The Balaban J connectivity index is 2.25. The Morgan fingerprint density at radius 1 is 1.67 bits per heavy atom. The smallest absolute Gasteiger partial charge is 0.319 e. The van der Waals surface area contributed by atoms with Crippen LogP contribution in [0, 0.1) is 0 Å². The number of methoxy groups -OCH3 is 1. The fourth-order valence-corrected chi connectivity index (χ4v) is 1.61. The number of esters is 1. The maximum absolute atomic E-state index is 11.1. The highest BCUT2D eigenvalue weighted by atomic mass is 127. The molecule has 0 aliphatic heterocycles. The Morgan fingerprint density at radius 2 is 2.47 bits per heavy atom. The predicted octanol–water partition coefficient (Wildman–Crippen LogP) is 1.15. The summed E-state index contributed by atoms with van der Waals surface area (Å²) >= 11 is 2.05. The van der Waals surface area contributed by atoms with E-state index in [4.69, 9.17) is 0 Å². The topological polar surface area (TPSA) is 51.2 Å². The van der Waals surface area contributed by atoms with Gasteiger partial charge in [-0.2, -0.15) is 0 Å². The van der Waals surface area contributed by atoms with Crippen LogP contribution in [0.3, 0.4) is 0 Å². The minimum atomic E-state index is -0.205. The molecule has 0 spiro atoms. The third-order valence-electron chi connectivity index (χ3n) is 1.81. The standard InChI is InChI=1S/C10H13IN2O2/c1-15-10(14)9(11)7-12-6-8-4-2-3-5-13-8/h2-5,9,12H,6-7H2,1H3. The van der Waals surface area contributed by atoms with Gasteiger partial charge in [0.2, 0.25) is 0 Å². The number of aromatic nitrogens is 1. The lowest BCUT2D eigenvalue weighted by Gasteiger charge is -2.08. The summed E-state index contributed by atoms with van der Waals surface area (Å²) < 4.78 is 4.46. The van der Waals surface area contributed by atoms with E-state index in [0.29, 0.717) is 13.1 Å². The first-order chi connectivity index (χ1) is 7.24. The van der Waals surface area contributed by atoms with Gasteiger partial charge in [0, 0.05) is 19.3 Å². The van der Waals surface area contributed by atoms with Crippen LogP contribution in [0.5, 0.6) is 0 Å². The number of rotatable bonds is 5. The van der Waals surface area contributed by atoms with Crippen molar-refractivity contribution in [1.82, 2.24) is 10.3 Å². The Labute approximate surface area is 103 Å². The van der Waals surface area contributed by atoms with Gasteiger partial charge in [0.15, 0.2) is 0 Å². The zero-order chi connectivity index (χ0) is 11.1. The maximum atomic E-state index is 11.1. The maximum Gasteiger partial charge on any atom is 0.319 e. The van der Waals surface area contributed by atoms with Gasteiger partial charge in [-0.15, -0.1) is 0 Å². The largest absolute Gasteiger partial charge is 0.468 e. The van der Waals surface area contributed by atoms with Crippen LogP contribution in [0.15, 0.2) is 24.4 Å². The van der Waals surface area contributed by atoms with Gasteiger partial charge in [-0.25, -0.2) is 0 Å². The summed E-state index contributed by atoms with van der Waals surface area (Å²) in [6.07, 6.45) is 1.75. The second-order valence-electron chi connectivity index (χ2n) is 2.94. The molecule has 1 unspecified atom stereocenters. The molecule has 0 saturated carbocycles. The van der Waals surface area contributed by atoms with E-state index in [1.165, 1.54) is 7.11 Å². The third kappa shape index (κ3) is 4.57. The molecule has 0 aliphatic carbocycles. The molecule has 15 heavy (non-hydrogen) atoms. The van der Waals surface area contributed by atoms with Crippen LogP contribution in [0.1, 0.15) is 5.69 Å². The van der Waals surface area contributed by atoms with Gasteiger partial charge in [0.1, 0.15) is 3.92 Å². The number of alkyl halides is 1. The lowest BCUT2D eigenvalue weighted by atomic mass is 10.3. The molecule has 1 N–H and O–H groups in total. The van der Waals surface area contributed by atoms with Gasteiger partial charge in [-0.05, 0) is 12.1 Å². The van der Waals surface area contributed by atoms with Crippen molar-refractivity contribution in [1.29, 1.82) is 0 Å². The molecule has 0 aromatic carbocycles. The van der Waals surface area contributed by atoms with Crippen LogP contribution in [0.2, 0.25) is 0 Å². The quantitative estimate of drug-likeness (QED) is 0.502. The van der Waals surface area contributed by atoms with Crippen molar-refractivity contribution in [2.45, 2.75) is 10.5 Å². The molecule has 1 aromatic rings. The first kappa shape index (κ1) is 12.4. The van der Waals surface area contributed by atoms with E-state index in [9.17, 15) is 4.79 Å². The number of halogens is 1. The Hall–Kier alpha value is -0.690. The van der Waals surface area contributed by atoms with E-state index in [-0.39, 0.29) is 9.89 Å². The fraction of sp³-hybridized carbons (Fsp3) is 0.400. The molecule has 0 saturated heterocycles. The van der Waals surface area contributed by atoms with Crippen molar-refractivity contribution in [3.8, 4) is 0 Å². The van der Waals surface area contributed by atoms with Crippen LogP contribution in [0.4, 0.5) is 0 Å². The van der Waals surface area contributed by atoms with Crippen molar-refractivity contribution < 1.29 is 9.53 Å². The molecule has 82 valence electrons. The lowest BCUT2D eigenvalue weighted by molar-refractivity contribution is -0.139. The van der Waals surface area contributed by atoms with Crippen LogP contribution >= 0.6 is 22.6 Å². The summed E-state index contributed by atoms with van der Waals surface area (Å²) in [5.41, 5.74) is 0.964. The second-order valence-corrected chi connectivity index (χ2v) is 4.45. The zero-order valence-corrected chi connectivity index (χ0v) is 10.6. The van der Waals surface area contributed by atoms with Gasteiger partial charge < -0.3 is 10.1 Å². The average molecular weight is 320 g/mol. The monoisotopic (exact) mass is 320 g/mol. The molecule has 0 aliphatic rings.